The smallest absolute Gasteiger partial charge is 0.338 e. The molecule has 0 bridgehead atoms. The largest absolute Gasteiger partial charge is 0.452 e. The summed E-state index contributed by atoms with van der Waals surface area (Å²) in [6.07, 6.45) is -0.0358. The Bertz CT molecular complexity index is 829. The fraction of sp³-hybridized carbons (Fsp3) is 0.450. The Morgan fingerprint density at radius 2 is 2.00 bits per heavy atom. The third kappa shape index (κ3) is 5.56. The Morgan fingerprint density at radius 1 is 1.29 bits per heavy atom. The van der Waals surface area contributed by atoms with E-state index in [2.05, 4.69) is 4.98 Å². The second kappa shape index (κ2) is 9.54. The van der Waals surface area contributed by atoms with Crippen molar-refractivity contribution < 1.29 is 19.1 Å². The van der Waals surface area contributed by atoms with Gasteiger partial charge in [-0.25, -0.2) is 9.78 Å². The van der Waals surface area contributed by atoms with Crippen molar-refractivity contribution >= 4 is 35.0 Å². The van der Waals surface area contributed by atoms with E-state index in [0.717, 1.165) is 15.6 Å². The summed E-state index contributed by atoms with van der Waals surface area (Å²) in [6, 6.07) is 7.32. The van der Waals surface area contributed by atoms with Crippen molar-refractivity contribution in [3.8, 4) is 0 Å². The minimum absolute atomic E-state index is 0.0179. The molecule has 150 valence electrons. The monoisotopic (exact) mass is 420 g/mol. The highest BCUT2D eigenvalue weighted by Crippen LogP contribution is 2.27. The molecule has 6 nitrogen and oxygen atoms in total. The molecule has 0 spiro atoms. The van der Waals surface area contributed by atoms with Crippen molar-refractivity contribution in [2.24, 2.45) is 0 Å². The maximum Gasteiger partial charge on any atom is 0.338 e. The molecule has 3 rings (SSSR count). The lowest BCUT2D eigenvalue weighted by atomic mass is 10.1. The van der Waals surface area contributed by atoms with Gasteiger partial charge >= 0.3 is 5.97 Å². The first kappa shape index (κ1) is 20.8. The van der Waals surface area contributed by atoms with Crippen LogP contribution in [0.4, 0.5) is 0 Å². The third-order valence-corrected chi connectivity index (χ3v) is 6.47. The molecular weight excluding hydrogens is 396 g/mol. The maximum absolute atomic E-state index is 12.6. The molecule has 1 saturated heterocycles. The highest BCUT2D eigenvalue weighted by molar-refractivity contribution is 8.00. The van der Waals surface area contributed by atoms with Gasteiger partial charge in [0.15, 0.2) is 6.61 Å². The standard InChI is InChI=1S/C20H24N2O4S2/c1-13-11-27-20(21-13)28-12-16-6-4-5-7-17(16)19(24)25-10-18(23)22-8-14(2)26-15(3)9-22/h4-7,11,14-15H,8-10,12H2,1-3H3/t14-,15-/m1/s1. The lowest BCUT2D eigenvalue weighted by molar-refractivity contribution is -0.146. The molecule has 8 heteroatoms. The molecule has 1 aliphatic rings. The molecule has 0 saturated carbocycles. The van der Waals surface area contributed by atoms with Crippen LogP contribution >= 0.6 is 23.1 Å². The number of hydrogen-bond acceptors (Lipinski definition) is 7. The number of esters is 1. The highest BCUT2D eigenvalue weighted by Gasteiger charge is 2.26. The number of aromatic nitrogens is 1. The van der Waals surface area contributed by atoms with Crippen LogP contribution in [0.5, 0.6) is 0 Å². The average molecular weight is 421 g/mol. The topological polar surface area (TPSA) is 68.7 Å². The van der Waals surface area contributed by atoms with Gasteiger partial charge in [0.1, 0.15) is 4.34 Å². The molecular formula is C20H24N2O4S2. The normalized spacial score (nSPS) is 19.5. The summed E-state index contributed by atoms with van der Waals surface area (Å²) in [5.41, 5.74) is 2.34. The second-order valence-corrected chi connectivity index (χ2v) is 8.91. The SMILES string of the molecule is Cc1csc(SCc2ccccc2C(=O)OCC(=O)N2C[C@@H](C)O[C@H](C)C2)n1. The van der Waals surface area contributed by atoms with Gasteiger partial charge in [-0.2, -0.15) is 0 Å². The number of thioether (sulfide) groups is 1. The van der Waals surface area contributed by atoms with E-state index in [1.54, 1.807) is 40.1 Å². The van der Waals surface area contributed by atoms with Gasteiger partial charge in [0.05, 0.1) is 17.8 Å². The van der Waals surface area contributed by atoms with Crippen molar-refractivity contribution in [3.63, 3.8) is 0 Å². The Labute approximate surface area is 173 Å². The van der Waals surface area contributed by atoms with Gasteiger partial charge in [-0.1, -0.05) is 30.0 Å². The number of rotatable bonds is 6. The van der Waals surface area contributed by atoms with Crippen LogP contribution in [0.15, 0.2) is 34.0 Å². The Kier molecular flexibility index (Phi) is 7.09. The number of morpholine rings is 1. The molecule has 1 aromatic carbocycles. The van der Waals surface area contributed by atoms with Gasteiger partial charge in [-0.3, -0.25) is 4.79 Å². The zero-order valence-corrected chi connectivity index (χ0v) is 17.8. The van der Waals surface area contributed by atoms with Crippen LogP contribution in [0.1, 0.15) is 35.5 Å². The summed E-state index contributed by atoms with van der Waals surface area (Å²) in [6.45, 7) is 6.59. The fourth-order valence-electron chi connectivity index (χ4n) is 3.06. The quantitative estimate of drug-likeness (QED) is 0.526. The molecule has 0 aliphatic carbocycles. The molecule has 0 unspecified atom stereocenters. The molecule has 2 aromatic rings. The van der Waals surface area contributed by atoms with Gasteiger partial charge in [0.25, 0.3) is 5.91 Å². The number of thiazole rings is 1. The summed E-state index contributed by atoms with van der Waals surface area (Å²) in [4.78, 5) is 31.1. The van der Waals surface area contributed by atoms with Crippen LogP contribution in [0.2, 0.25) is 0 Å². The number of carbonyl (C=O) groups excluding carboxylic acids is 2. The van der Waals surface area contributed by atoms with E-state index in [1.165, 1.54) is 0 Å². The van der Waals surface area contributed by atoms with Gasteiger partial charge in [-0.15, -0.1) is 11.3 Å². The van der Waals surface area contributed by atoms with E-state index in [0.29, 0.717) is 24.4 Å². The van der Waals surface area contributed by atoms with Gasteiger partial charge in [0, 0.05) is 29.9 Å². The molecule has 28 heavy (non-hydrogen) atoms. The van der Waals surface area contributed by atoms with Crippen molar-refractivity contribution in [3.05, 3.63) is 46.5 Å². The molecule has 1 aromatic heterocycles. The van der Waals surface area contributed by atoms with Crippen molar-refractivity contribution in [1.29, 1.82) is 0 Å². The predicted octanol–water partition coefficient (Wildman–Crippen LogP) is 3.54. The summed E-state index contributed by atoms with van der Waals surface area (Å²) >= 11 is 3.17. The van der Waals surface area contributed by atoms with E-state index < -0.39 is 5.97 Å². The van der Waals surface area contributed by atoms with Crippen molar-refractivity contribution in [2.45, 2.75) is 43.1 Å². The molecule has 0 N–H and O–H groups in total. The average Bonchev–Trinajstić information content (AvgIpc) is 3.09. The summed E-state index contributed by atoms with van der Waals surface area (Å²) in [7, 11) is 0. The molecule has 0 radical (unpaired) electrons. The minimum atomic E-state index is -0.478. The van der Waals surface area contributed by atoms with E-state index in [1.807, 2.05) is 38.3 Å². The van der Waals surface area contributed by atoms with Crippen LogP contribution in [0, 0.1) is 6.92 Å². The summed E-state index contributed by atoms with van der Waals surface area (Å²) in [5, 5.41) is 2.00. The first-order chi connectivity index (χ1) is 13.4. The highest BCUT2D eigenvalue weighted by atomic mass is 32.2. The fourth-order valence-corrected chi connectivity index (χ4v) is 4.91. The summed E-state index contributed by atoms with van der Waals surface area (Å²) in [5.74, 6) is -0.0558. The zero-order chi connectivity index (χ0) is 20.1. The van der Waals surface area contributed by atoms with Crippen molar-refractivity contribution in [2.75, 3.05) is 19.7 Å². The Hall–Kier alpha value is -1.90. The van der Waals surface area contributed by atoms with Crippen LogP contribution in [0.3, 0.4) is 0 Å². The number of nitrogens with zero attached hydrogens (tertiary/aromatic N) is 2. The molecule has 1 fully saturated rings. The number of hydrogen-bond donors (Lipinski definition) is 0. The van der Waals surface area contributed by atoms with Gasteiger partial charge < -0.3 is 14.4 Å². The van der Waals surface area contributed by atoms with Gasteiger partial charge in [-0.05, 0) is 32.4 Å². The molecule has 2 heterocycles. The van der Waals surface area contributed by atoms with E-state index in [4.69, 9.17) is 9.47 Å². The van der Waals surface area contributed by atoms with Crippen LogP contribution in [0.25, 0.3) is 0 Å². The van der Waals surface area contributed by atoms with Crippen LogP contribution < -0.4 is 0 Å². The number of ether oxygens (including phenoxy) is 2. The van der Waals surface area contributed by atoms with Crippen LogP contribution in [-0.4, -0.2) is 53.7 Å². The molecule has 1 amide bonds. The summed E-state index contributed by atoms with van der Waals surface area (Å²) < 4.78 is 11.9. The van der Waals surface area contributed by atoms with E-state index >= 15 is 0 Å². The zero-order valence-electron chi connectivity index (χ0n) is 16.2. The number of amides is 1. The maximum atomic E-state index is 12.6. The first-order valence-corrected chi connectivity index (χ1v) is 11.0. The lowest BCUT2D eigenvalue weighted by Crippen LogP contribution is -2.49. The third-order valence-electron chi connectivity index (χ3n) is 4.29. The number of aryl methyl sites for hydroxylation is 1. The van der Waals surface area contributed by atoms with Crippen LogP contribution in [-0.2, 0) is 20.0 Å². The first-order valence-electron chi connectivity index (χ1n) is 9.15. The molecule has 2 atom stereocenters. The van der Waals surface area contributed by atoms with E-state index in [-0.39, 0.29) is 24.7 Å². The molecule has 1 aliphatic heterocycles. The van der Waals surface area contributed by atoms with Crippen molar-refractivity contribution in [1.82, 2.24) is 9.88 Å². The number of benzene rings is 1. The van der Waals surface area contributed by atoms with E-state index in [9.17, 15) is 9.59 Å². The minimum Gasteiger partial charge on any atom is -0.452 e. The second-order valence-electron chi connectivity index (χ2n) is 6.83. The Morgan fingerprint density at radius 3 is 2.68 bits per heavy atom. The Balaban J connectivity index is 1.57. The van der Waals surface area contributed by atoms with Gasteiger partial charge in [0.2, 0.25) is 0 Å². The predicted molar refractivity (Wildman–Crippen MR) is 110 cm³/mol. The number of carbonyl (C=O) groups is 2. The lowest BCUT2D eigenvalue weighted by Gasteiger charge is -2.35.